The van der Waals surface area contributed by atoms with Crippen LogP contribution in [0.2, 0.25) is 5.02 Å². The van der Waals surface area contributed by atoms with Crippen molar-refractivity contribution in [3.05, 3.63) is 28.8 Å². The molecule has 0 aromatic heterocycles. The minimum Gasteiger partial charge on any atom is -0.369 e. The van der Waals surface area contributed by atoms with Crippen LogP contribution in [0, 0.1) is 0 Å². The van der Waals surface area contributed by atoms with Crippen molar-refractivity contribution in [2.75, 3.05) is 24.0 Å². The van der Waals surface area contributed by atoms with Gasteiger partial charge in [-0.05, 0) is 45.1 Å². The van der Waals surface area contributed by atoms with E-state index in [-0.39, 0.29) is 5.54 Å². The molecule has 21 heavy (non-hydrogen) atoms. The predicted molar refractivity (Wildman–Crippen MR) is 98.9 cm³/mol. The normalized spacial score (nSPS) is 13.3. The van der Waals surface area contributed by atoms with Crippen LogP contribution < -0.4 is 10.2 Å². The van der Waals surface area contributed by atoms with Gasteiger partial charge in [0.15, 0.2) is 0 Å². The highest BCUT2D eigenvalue weighted by molar-refractivity contribution is 7.98. The zero-order valence-electron chi connectivity index (χ0n) is 14.2. The second-order valence-electron chi connectivity index (χ2n) is 6.48. The molecule has 0 spiro atoms. The summed E-state index contributed by atoms with van der Waals surface area (Å²) in [7, 11) is 2.16. The maximum Gasteiger partial charge on any atom is 0.0642 e. The first-order chi connectivity index (χ1) is 9.80. The molecule has 0 aliphatic heterocycles. The second kappa shape index (κ2) is 8.30. The molecule has 1 N–H and O–H groups in total. The third-order valence-electron chi connectivity index (χ3n) is 3.61. The van der Waals surface area contributed by atoms with Gasteiger partial charge in [-0.3, -0.25) is 0 Å². The van der Waals surface area contributed by atoms with Crippen LogP contribution in [-0.4, -0.2) is 30.6 Å². The lowest BCUT2D eigenvalue weighted by molar-refractivity contribution is 0.424. The van der Waals surface area contributed by atoms with Gasteiger partial charge >= 0.3 is 0 Å². The molecule has 0 amide bonds. The molecule has 2 nitrogen and oxygen atoms in total. The fourth-order valence-corrected chi connectivity index (χ4v) is 3.51. The number of para-hydroxylation sites is 1. The summed E-state index contributed by atoms with van der Waals surface area (Å²) >= 11 is 8.39. The molecule has 0 heterocycles. The Morgan fingerprint density at radius 1 is 1.33 bits per heavy atom. The van der Waals surface area contributed by atoms with Crippen LogP contribution in [0.1, 0.15) is 39.7 Å². The average Bonchev–Trinajstić information content (AvgIpc) is 2.41. The number of hydrogen-bond acceptors (Lipinski definition) is 3. The van der Waals surface area contributed by atoms with E-state index < -0.39 is 0 Å². The first-order valence-corrected chi connectivity index (χ1v) is 9.31. The molecule has 1 unspecified atom stereocenters. The van der Waals surface area contributed by atoms with E-state index in [1.165, 1.54) is 5.56 Å². The van der Waals surface area contributed by atoms with E-state index in [1.807, 2.05) is 23.9 Å². The van der Waals surface area contributed by atoms with Crippen LogP contribution in [0.5, 0.6) is 0 Å². The standard InChI is InChI=1S/C17H29ClN2S/c1-7-14(12-21-6)20(5)16-13(9-8-10-15(16)18)11-19-17(2,3)4/h8-10,14,19H,7,11-12H2,1-6H3. The molecule has 1 atom stereocenters. The van der Waals surface area contributed by atoms with E-state index >= 15 is 0 Å². The number of nitrogens with one attached hydrogen (secondary N) is 1. The van der Waals surface area contributed by atoms with Gasteiger partial charge in [0.2, 0.25) is 0 Å². The summed E-state index contributed by atoms with van der Waals surface area (Å²) in [6.07, 6.45) is 3.28. The van der Waals surface area contributed by atoms with Crippen molar-refractivity contribution in [3.8, 4) is 0 Å². The van der Waals surface area contributed by atoms with E-state index in [0.29, 0.717) is 6.04 Å². The van der Waals surface area contributed by atoms with Crippen LogP contribution >= 0.6 is 23.4 Å². The predicted octanol–water partition coefficient (Wildman–Crippen LogP) is 4.81. The Balaban J connectivity index is 3.03. The molecule has 0 radical (unpaired) electrons. The highest BCUT2D eigenvalue weighted by atomic mass is 35.5. The van der Waals surface area contributed by atoms with Crippen molar-refractivity contribution in [1.82, 2.24) is 5.32 Å². The molecule has 120 valence electrons. The summed E-state index contributed by atoms with van der Waals surface area (Å²) in [5.74, 6) is 1.12. The van der Waals surface area contributed by atoms with E-state index in [0.717, 1.165) is 29.4 Å². The van der Waals surface area contributed by atoms with Crippen LogP contribution in [0.4, 0.5) is 5.69 Å². The van der Waals surface area contributed by atoms with Crippen LogP contribution in [0.3, 0.4) is 0 Å². The first kappa shape index (κ1) is 18.7. The molecule has 0 bridgehead atoms. The molecule has 0 aliphatic carbocycles. The van der Waals surface area contributed by atoms with E-state index in [4.69, 9.17) is 11.6 Å². The smallest absolute Gasteiger partial charge is 0.0642 e. The Bertz CT molecular complexity index is 443. The number of anilines is 1. The van der Waals surface area contributed by atoms with E-state index in [9.17, 15) is 0 Å². The van der Waals surface area contributed by atoms with E-state index in [2.05, 4.69) is 57.3 Å². The van der Waals surface area contributed by atoms with Crippen molar-refractivity contribution >= 4 is 29.1 Å². The largest absolute Gasteiger partial charge is 0.369 e. The molecule has 0 saturated heterocycles. The molecule has 0 fully saturated rings. The number of thioether (sulfide) groups is 1. The summed E-state index contributed by atoms with van der Waals surface area (Å²) in [4.78, 5) is 2.35. The van der Waals surface area contributed by atoms with Gasteiger partial charge in [-0.25, -0.2) is 0 Å². The zero-order chi connectivity index (χ0) is 16.0. The Hall–Kier alpha value is -0.380. The second-order valence-corrected chi connectivity index (χ2v) is 7.80. The van der Waals surface area contributed by atoms with Crippen molar-refractivity contribution in [1.29, 1.82) is 0 Å². The average molecular weight is 329 g/mol. The maximum atomic E-state index is 6.50. The SMILES string of the molecule is CCC(CSC)N(C)c1c(Cl)cccc1CNC(C)(C)C. The summed E-state index contributed by atoms with van der Waals surface area (Å²) < 4.78 is 0. The maximum absolute atomic E-state index is 6.50. The van der Waals surface area contributed by atoms with Gasteiger partial charge in [-0.15, -0.1) is 0 Å². The van der Waals surface area contributed by atoms with Gasteiger partial charge in [-0.2, -0.15) is 11.8 Å². The molecular weight excluding hydrogens is 300 g/mol. The van der Waals surface area contributed by atoms with Gasteiger partial charge in [0, 0.05) is 30.9 Å². The highest BCUT2D eigenvalue weighted by Crippen LogP contribution is 2.32. The molecule has 1 aromatic rings. The Morgan fingerprint density at radius 2 is 2.00 bits per heavy atom. The topological polar surface area (TPSA) is 15.3 Å². The van der Waals surface area contributed by atoms with Gasteiger partial charge in [0.25, 0.3) is 0 Å². The van der Waals surface area contributed by atoms with E-state index in [1.54, 1.807) is 0 Å². The lowest BCUT2D eigenvalue weighted by Crippen LogP contribution is -2.37. The van der Waals surface area contributed by atoms with Crippen LogP contribution in [0.15, 0.2) is 18.2 Å². The number of rotatable bonds is 7. The fourth-order valence-electron chi connectivity index (χ4n) is 2.34. The van der Waals surface area contributed by atoms with Gasteiger partial charge in [-0.1, -0.05) is 30.7 Å². The van der Waals surface area contributed by atoms with Crippen molar-refractivity contribution in [3.63, 3.8) is 0 Å². The van der Waals surface area contributed by atoms with Crippen LogP contribution in [0.25, 0.3) is 0 Å². The number of benzene rings is 1. The highest BCUT2D eigenvalue weighted by Gasteiger charge is 2.19. The van der Waals surface area contributed by atoms with Gasteiger partial charge in [0.05, 0.1) is 10.7 Å². The third-order valence-corrected chi connectivity index (χ3v) is 4.63. The molecule has 4 heteroatoms. The monoisotopic (exact) mass is 328 g/mol. The molecule has 1 aromatic carbocycles. The minimum absolute atomic E-state index is 0.0988. The van der Waals surface area contributed by atoms with Gasteiger partial charge in [0.1, 0.15) is 0 Å². The summed E-state index contributed by atoms with van der Waals surface area (Å²) in [5.41, 5.74) is 2.53. The molecular formula is C17H29ClN2S. The Kier molecular flexibility index (Phi) is 7.38. The summed E-state index contributed by atoms with van der Waals surface area (Å²) in [5, 5.41) is 4.40. The van der Waals surface area contributed by atoms with Crippen molar-refractivity contribution in [2.24, 2.45) is 0 Å². The van der Waals surface area contributed by atoms with Gasteiger partial charge < -0.3 is 10.2 Å². The number of hydrogen-bond donors (Lipinski definition) is 1. The fraction of sp³-hybridized carbons (Fsp3) is 0.647. The summed E-state index contributed by atoms with van der Waals surface area (Å²) in [6, 6.07) is 6.70. The minimum atomic E-state index is 0.0988. The molecule has 1 rings (SSSR count). The summed E-state index contributed by atoms with van der Waals surface area (Å²) in [6.45, 7) is 9.62. The number of nitrogens with zero attached hydrogens (tertiary/aromatic N) is 1. The molecule has 0 saturated carbocycles. The van der Waals surface area contributed by atoms with Crippen molar-refractivity contribution in [2.45, 2.75) is 52.2 Å². The Labute approximate surface area is 139 Å². The first-order valence-electron chi connectivity index (χ1n) is 7.54. The zero-order valence-corrected chi connectivity index (χ0v) is 15.7. The lowest BCUT2D eigenvalue weighted by atomic mass is 10.1. The molecule has 0 aliphatic rings. The third kappa shape index (κ3) is 5.72. The number of halogens is 1. The van der Waals surface area contributed by atoms with Crippen molar-refractivity contribution < 1.29 is 0 Å². The Morgan fingerprint density at radius 3 is 2.52 bits per heavy atom. The quantitative estimate of drug-likeness (QED) is 0.773. The lowest BCUT2D eigenvalue weighted by Gasteiger charge is -2.32. The van der Waals surface area contributed by atoms with Crippen LogP contribution in [-0.2, 0) is 6.54 Å².